The summed E-state index contributed by atoms with van der Waals surface area (Å²) in [7, 11) is 0. The van der Waals surface area contributed by atoms with Gasteiger partial charge in [0.05, 0.1) is 6.61 Å². The van der Waals surface area contributed by atoms with Crippen molar-refractivity contribution in [3.63, 3.8) is 0 Å². The average Bonchev–Trinajstić information content (AvgIpc) is 2.29. The second-order valence-corrected chi connectivity index (χ2v) is 4.07. The summed E-state index contributed by atoms with van der Waals surface area (Å²) in [6.07, 6.45) is 1.20. The van der Waals surface area contributed by atoms with Crippen LogP contribution in [-0.2, 0) is 13.2 Å². The van der Waals surface area contributed by atoms with Crippen LogP contribution in [0.4, 0.5) is 0 Å². The minimum atomic E-state index is 0.126. The fourth-order valence-corrected chi connectivity index (χ4v) is 1.48. The standard InChI is InChI=1S/C13H21NO/c1-3-11(2)8-14-9-12-6-4-5-7-13(12)10-15/h4-7,11,14-15H,3,8-10H2,1-2H3. The Labute approximate surface area is 92.3 Å². The zero-order chi connectivity index (χ0) is 11.1. The molecular formula is C13H21NO. The number of nitrogens with one attached hydrogen (secondary N) is 1. The highest BCUT2D eigenvalue weighted by Gasteiger charge is 2.01. The normalized spacial score (nSPS) is 12.7. The van der Waals surface area contributed by atoms with Gasteiger partial charge in [-0.2, -0.15) is 0 Å². The van der Waals surface area contributed by atoms with E-state index < -0.39 is 0 Å². The summed E-state index contributed by atoms with van der Waals surface area (Å²) in [5.74, 6) is 0.714. The van der Waals surface area contributed by atoms with E-state index in [1.54, 1.807) is 0 Å². The topological polar surface area (TPSA) is 32.3 Å². The highest BCUT2D eigenvalue weighted by atomic mass is 16.3. The molecule has 0 spiro atoms. The third kappa shape index (κ3) is 4.02. The molecule has 0 fully saturated rings. The lowest BCUT2D eigenvalue weighted by molar-refractivity contribution is 0.280. The Morgan fingerprint density at radius 1 is 1.27 bits per heavy atom. The lowest BCUT2D eigenvalue weighted by atomic mass is 10.1. The van der Waals surface area contributed by atoms with Gasteiger partial charge in [-0.15, -0.1) is 0 Å². The van der Waals surface area contributed by atoms with E-state index >= 15 is 0 Å². The number of aliphatic hydroxyl groups is 1. The number of aliphatic hydroxyl groups excluding tert-OH is 1. The van der Waals surface area contributed by atoms with Gasteiger partial charge in [-0.05, 0) is 23.6 Å². The number of rotatable bonds is 6. The molecule has 2 N–H and O–H groups in total. The van der Waals surface area contributed by atoms with E-state index in [4.69, 9.17) is 5.11 Å². The molecule has 1 aromatic rings. The SMILES string of the molecule is CCC(C)CNCc1ccccc1CO. The zero-order valence-electron chi connectivity index (χ0n) is 9.66. The van der Waals surface area contributed by atoms with Gasteiger partial charge in [-0.25, -0.2) is 0 Å². The van der Waals surface area contributed by atoms with E-state index in [1.165, 1.54) is 12.0 Å². The maximum absolute atomic E-state index is 9.15. The van der Waals surface area contributed by atoms with Gasteiger partial charge in [0, 0.05) is 6.54 Å². The largest absolute Gasteiger partial charge is 0.392 e. The van der Waals surface area contributed by atoms with E-state index in [1.807, 2.05) is 18.2 Å². The fourth-order valence-electron chi connectivity index (χ4n) is 1.48. The molecule has 0 bridgehead atoms. The number of hydrogen-bond acceptors (Lipinski definition) is 2. The first-order valence-electron chi connectivity index (χ1n) is 5.66. The van der Waals surface area contributed by atoms with Gasteiger partial charge in [0.15, 0.2) is 0 Å². The van der Waals surface area contributed by atoms with Crippen molar-refractivity contribution in [3.8, 4) is 0 Å². The molecule has 0 saturated carbocycles. The first-order valence-corrected chi connectivity index (χ1v) is 5.66. The molecule has 0 aliphatic carbocycles. The average molecular weight is 207 g/mol. The van der Waals surface area contributed by atoms with Crippen LogP contribution in [-0.4, -0.2) is 11.7 Å². The lowest BCUT2D eigenvalue weighted by Crippen LogP contribution is -2.20. The van der Waals surface area contributed by atoms with E-state index in [2.05, 4.69) is 25.2 Å². The van der Waals surface area contributed by atoms with Crippen molar-refractivity contribution in [2.45, 2.75) is 33.4 Å². The third-order valence-electron chi connectivity index (χ3n) is 2.79. The molecule has 2 heteroatoms. The fraction of sp³-hybridized carbons (Fsp3) is 0.538. The Kier molecular flexibility index (Phi) is 5.37. The van der Waals surface area contributed by atoms with Gasteiger partial charge in [0.1, 0.15) is 0 Å². The van der Waals surface area contributed by atoms with Gasteiger partial charge in [0.2, 0.25) is 0 Å². The van der Waals surface area contributed by atoms with Gasteiger partial charge in [0.25, 0.3) is 0 Å². The minimum Gasteiger partial charge on any atom is -0.392 e. The van der Waals surface area contributed by atoms with Crippen molar-refractivity contribution in [1.82, 2.24) is 5.32 Å². The van der Waals surface area contributed by atoms with Crippen LogP contribution in [0.2, 0.25) is 0 Å². The highest BCUT2D eigenvalue weighted by molar-refractivity contribution is 5.26. The van der Waals surface area contributed by atoms with Crippen molar-refractivity contribution in [2.24, 2.45) is 5.92 Å². The summed E-state index contributed by atoms with van der Waals surface area (Å²) < 4.78 is 0. The smallest absolute Gasteiger partial charge is 0.0685 e. The maximum Gasteiger partial charge on any atom is 0.0685 e. The highest BCUT2D eigenvalue weighted by Crippen LogP contribution is 2.08. The molecule has 84 valence electrons. The number of benzene rings is 1. The molecule has 0 heterocycles. The summed E-state index contributed by atoms with van der Waals surface area (Å²) in [6, 6.07) is 8.01. The van der Waals surface area contributed by atoms with Crippen LogP contribution in [0.5, 0.6) is 0 Å². The Morgan fingerprint density at radius 2 is 1.93 bits per heavy atom. The van der Waals surface area contributed by atoms with Crippen LogP contribution in [0, 0.1) is 5.92 Å². The quantitative estimate of drug-likeness (QED) is 0.750. The van der Waals surface area contributed by atoms with Gasteiger partial charge < -0.3 is 10.4 Å². The molecule has 0 radical (unpaired) electrons. The molecule has 1 aromatic carbocycles. The van der Waals surface area contributed by atoms with Gasteiger partial charge >= 0.3 is 0 Å². The van der Waals surface area contributed by atoms with Crippen LogP contribution in [0.1, 0.15) is 31.4 Å². The Hall–Kier alpha value is -0.860. The van der Waals surface area contributed by atoms with Crippen LogP contribution < -0.4 is 5.32 Å². The predicted molar refractivity (Wildman–Crippen MR) is 63.5 cm³/mol. The summed E-state index contributed by atoms with van der Waals surface area (Å²) in [6.45, 7) is 6.46. The number of hydrogen-bond donors (Lipinski definition) is 2. The maximum atomic E-state index is 9.15. The first-order chi connectivity index (χ1) is 7.27. The molecule has 15 heavy (non-hydrogen) atoms. The van der Waals surface area contributed by atoms with Crippen LogP contribution in [0.3, 0.4) is 0 Å². The first kappa shape index (κ1) is 12.2. The van der Waals surface area contributed by atoms with Crippen molar-refractivity contribution in [2.75, 3.05) is 6.54 Å². The van der Waals surface area contributed by atoms with Crippen molar-refractivity contribution in [1.29, 1.82) is 0 Å². The Morgan fingerprint density at radius 3 is 2.53 bits per heavy atom. The molecule has 2 nitrogen and oxygen atoms in total. The second kappa shape index (κ2) is 6.59. The Bertz CT molecular complexity index is 286. The van der Waals surface area contributed by atoms with Crippen LogP contribution in [0.15, 0.2) is 24.3 Å². The molecule has 1 atom stereocenters. The van der Waals surface area contributed by atoms with E-state index in [0.29, 0.717) is 5.92 Å². The van der Waals surface area contributed by atoms with E-state index in [0.717, 1.165) is 18.7 Å². The van der Waals surface area contributed by atoms with Crippen molar-refractivity contribution >= 4 is 0 Å². The Balaban J connectivity index is 2.43. The molecule has 0 amide bonds. The summed E-state index contributed by atoms with van der Waals surface area (Å²) in [4.78, 5) is 0. The van der Waals surface area contributed by atoms with Gasteiger partial charge in [-0.1, -0.05) is 44.5 Å². The van der Waals surface area contributed by atoms with Crippen LogP contribution >= 0.6 is 0 Å². The lowest BCUT2D eigenvalue weighted by Gasteiger charge is -2.11. The molecule has 0 aromatic heterocycles. The van der Waals surface area contributed by atoms with Crippen LogP contribution in [0.25, 0.3) is 0 Å². The van der Waals surface area contributed by atoms with Crippen molar-refractivity contribution < 1.29 is 5.11 Å². The summed E-state index contributed by atoms with van der Waals surface area (Å²) in [5, 5.41) is 12.6. The zero-order valence-corrected chi connectivity index (χ0v) is 9.66. The molecule has 1 rings (SSSR count). The second-order valence-electron chi connectivity index (χ2n) is 4.07. The van der Waals surface area contributed by atoms with E-state index in [-0.39, 0.29) is 6.61 Å². The molecular weight excluding hydrogens is 186 g/mol. The molecule has 0 saturated heterocycles. The molecule has 0 aliphatic rings. The monoisotopic (exact) mass is 207 g/mol. The summed E-state index contributed by atoms with van der Waals surface area (Å²) in [5.41, 5.74) is 2.22. The predicted octanol–water partition coefficient (Wildman–Crippen LogP) is 2.31. The van der Waals surface area contributed by atoms with Crippen molar-refractivity contribution in [3.05, 3.63) is 35.4 Å². The minimum absolute atomic E-state index is 0.126. The third-order valence-corrected chi connectivity index (χ3v) is 2.79. The molecule has 0 aliphatic heterocycles. The van der Waals surface area contributed by atoms with Gasteiger partial charge in [-0.3, -0.25) is 0 Å². The summed E-state index contributed by atoms with van der Waals surface area (Å²) >= 11 is 0. The van der Waals surface area contributed by atoms with E-state index in [9.17, 15) is 0 Å². The molecule has 1 unspecified atom stereocenters.